The molecule has 4 rings (SSSR count). The van der Waals surface area contributed by atoms with Crippen molar-refractivity contribution in [2.24, 2.45) is 5.92 Å². The molecule has 1 atom stereocenters. The van der Waals surface area contributed by atoms with Crippen LogP contribution in [0.25, 0.3) is 0 Å². The number of nitrogens with zero attached hydrogens (tertiary/aromatic N) is 3. The zero-order valence-corrected chi connectivity index (χ0v) is 18.5. The summed E-state index contributed by atoms with van der Waals surface area (Å²) in [4.78, 5) is 17.0. The van der Waals surface area contributed by atoms with Crippen molar-refractivity contribution in [1.29, 1.82) is 0 Å². The molecule has 0 aliphatic carbocycles. The van der Waals surface area contributed by atoms with Gasteiger partial charge in [0.05, 0.1) is 4.90 Å². The smallest absolute Gasteiger partial charge is 0.253 e. The third-order valence-electron chi connectivity index (χ3n) is 6.12. The summed E-state index contributed by atoms with van der Waals surface area (Å²) in [6.07, 6.45) is 1.93. The standard InChI is InChI=1S/C23H28FN3O3S/c1-18-3-2-12-27(17-18)31(29,30)22-10-4-19(5-11-22)23(28)26-15-13-25(14-16-26)21-8-6-20(24)7-9-21/h4-11,18H,2-3,12-17H2,1H3/t18-/m0/s1. The number of rotatable bonds is 4. The number of sulfonamides is 1. The van der Waals surface area contributed by atoms with Crippen molar-refractivity contribution in [2.75, 3.05) is 44.2 Å². The van der Waals surface area contributed by atoms with Crippen molar-refractivity contribution >= 4 is 21.6 Å². The zero-order valence-electron chi connectivity index (χ0n) is 17.7. The minimum atomic E-state index is -3.53. The fourth-order valence-electron chi connectivity index (χ4n) is 4.29. The number of anilines is 1. The van der Waals surface area contributed by atoms with Crippen LogP contribution in [0.2, 0.25) is 0 Å². The van der Waals surface area contributed by atoms with Crippen molar-refractivity contribution in [3.63, 3.8) is 0 Å². The Morgan fingerprint density at radius 1 is 0.935 bits per heavy atom. The number of piperazine rings is 1. The molecule has 2 aliphatic rings. The third-order valence-corrected chi connectivity index (χ3v) is 8.00. The molecule has 8 heteroatoms. The molecule has 0 N–H and O–H groups in total. The van der Waals surface area contributed by atoms with Gasteiger partial charge in [-0.3, -0.25) is 4.79 Å². The van der Waals surface area contributed by atoms with Gasteiger partial charge >= 0.3 is 0 Å². The van der Waals surface area contributed by atoms with Crippen LogP contribution in [0, 0.1) is 11.7 Å². The van der Waals surface area contributed by atoms with Crippen LogP contribution in [0.15, 0.2) is 53.4 Å². The largest absolute Gasteiger partial charge is 0.368 e. The van der Waals surface area contributed by atoms with Crippen LogP contribution < -0.4 is 4.90 Å². The van der Waals surface area contributed by atoms with Crippen LogP contribution in [0.5, 0.6) is 0 Å². The number of piperidine rings is 1. The lowest BCUT2D eigenvalue weighted by atomic mass is 10.0. The minimum Gasteiger partial charge on any atom is -0.368 e. The van der Waals surface area contributed by atoms with Crippen LogP contribution in [0.3, 0.4) is 0 Å². The van der Waals surface area contributed by atoms with E-state index in [2.05, 4.69) is 11.8 Å². The summed E-state index contributed by atoms with van der Waals surface area (Å²) in [5.41, 5.74) is 1.43. The van der Waals surface area contributed by atoms with E-state index in [1.807, 2.05) is 0 Å². The fraction of sp³-hybridized carbons (Fsp3) is 0.435. The molecular formula is C23H28FN3O3S. The van der Waals surface area contributed by atoms with E-state index in [0.29, 0.717) is 50.7 Å². The van der Waals surface area contributed by atoms with Gasteiger partial charge in [-0.05, 0) is 67.3 Å². The summed E-state index contributed by atoms with van der Waals surface area (Å²) < 4.78 is 40.5. The second-order valence-electron chi connectivity index (χ2n) is 8.39. The molecule has 31 heavy (non-hydrogen) atoms. The molecule has 2 aromatic carbocycles. The van der Waals surface area contributed by atoms with Gasteiger partial charge in [-0.2, -0.15) is 4.31 Å². The molecule has 1 amide bonds. The third kappa shape index (κ3) is 4.75. The van der Waals surface area contributed by atoms with Gasteiger partial charge in [0.25, 0.3) is 5.91 Å². The molecule has 6 nitrogen and oxygen atoms in total. The highest BCUT2D eigenvalue weighted by Gasteiger charge is 2.29. The molecule has 0 bridgehead atoms. The Bertz CT molecular complexity index is 1020. The number of benzene rings is 2. The average molecular weight is 446 g/mol. The molecule has 2 heterocycles. The molecule has 2 fully saturated rings. The Kier molecular flexibility index (Phi) is 6.29. The van der Waals surface area contributed by atoms with Gasteiger partial charge in [0.2, 0.25) is 10.0 Å². The Morgan fingerprint density at radius 2 is 1.58 bits per heavy atom. The summed E-state index contributed by atoms with van der Waals surface area (Å²) in [5.74, 6) is -0.00919. The number of carbonyl (C=O) groups excluding carboxylic acids is 1. The van der Waals surface area contributed by atoms with Crippen molar-refractivity contribution in [3.8, 4) is 0 Å². The van der Waals surface area contributed by atoms with E-state index in [1.165, 1.54) is 24.3 Å². The first-order valence-corrected chi connectivity index (χ1v) is 12.2. The molecule has 0 radical (unpaired) electrons. The number of halogens is 1. The lowest BCUT2D eigenvalue weighted by Crippen LogP contribution is -2.48. The van der Waals surface area contributed by atoms with Gasteiger partial charge in [-0.1, -0.05) is 6.92 Å². The van der Waals surface area contributed by atoms with E-state index in [-0.39, 0.29) is 16.6 Å². The normalized spacial score (nSPS) is 20.6. The first kappa shape index (κ1) is 21.8. The Morgan fingerprint density at radius 3 is 2.19 bits per heavy atom. The topological polar surface area (TPSA) is 60.9 Å². The summed E-state index contributed by atoms with van der Waals surface area (Å²) in [6.45, 7) is 5.60. The van der Waals surface area contributed by atoms with Crippen LogP contribution in [0.4, 0.5) is 10.1 Å². The summed E-state index contributed by atoms with van der Waals surface area (Å²) in [5, 5.41) is 0. The molecule has 0 unspecified atom stereocenters. The Balaban J connectivity index is 1.39. The van der Waals surface area contributed by atoms with Gasteiger partial charge in [0.15, 0.2) is 0 Å². The Hall–Kier alpha value is -2.45. The van der Waals surface area contributed by atoms with Gasteiger partial charge in [0, 0.05) is 50.5 Å². The maximum absolute atomic E-state index is 13.1. The van der Waals surface area contributed by atoms with Gasteiger partial charge in [-0.25, -0.2) is 12.8 Å². The van der Waals surface area contributed by atoms with E-state index in [4.69, 9.17) is 0 Å². The highest BCUT2D eigenvalue weighted by atomic mass is 32.2. The minimum absolute atomic E-state index is 0.103. The molecular weight excluding hydrogens is 417 g/mol. The number of amides is 1. The highest BCUT2D eigenvalue weighted by molar-refractivity contribution is 7.89. The Labute approximate surface area is 183 Å². The summed E-state index contributed by atoms with van der Waals surface area (Å²) in [7, 11) is -3.53. The molecule has 2 saturated heterocycles. The van der Waals surface area contributed by atoms with Crippen LogP contribution in [-0.2, 0) is 10.0 Å². The SMILES string of the molecule is C[C@H]1CCCN(S(=O)(=O)c2ccc(C(=O)N3CCN(c4ccc(F)cc4)CC3)cc2)C1. The average Bonchev–Trinajstić information content (AvgIpc) is 2.79. The van der Waals surface area contributed by atoms with E-state index >= 15 is 0 Å². The fourth-order valence-corrected chi connectivity index (χ4v) is 5.88. The van der Waals surface area contributed by atoms with Crippen LogP contribution in [-0.4, -0.2) is 62.8 Å². The lowest BCUT2D eigenvalue weighted by Gasteiger charge is -2.36. The first-order valence-electron chi connectivity index (χ1n) is 10.7. The molecule has 0 aromatic heterocycles. The molecule has 2 aliphatic heterocycles. The van der Waals surface area contributed by atoms with E-state index < -0.39 is 10.0 Å². The number of hydrogen-bond donors (Lipinski definition) is 0. The van der Waals surface area contributed by atoms with Gasteiger partial charge in [-0.15, -0.1) is 0 Å². The van der Waals surface area contributed by atoms with Gasteiger partial charge < -0.3 is 9.80 Å². The van der Waals surface area contributed by atoms with Crippen molar-refractivity contribution in [1.82, 2.24) is 9.21 Å². The molecule has 0 saturated carbocycles. The van der Waals surface area contributed by atoms with Gasteiger partial charge in [0.1, 0.15) is 5.82 Å². The molecule has 0 spiro atoms. The maximum atomic E-state index is 13.1. The van der Waals surface area contributed by atoms with Crippen molar-refractivity contribution < 1.29 is 17.6 Å². The van der Waals surface area contributed by atoms with Crippen molar-refractivity contribution in [3.05, 3.63) is 59.9 Å². The van der Waals surface area contributed by atoms with Crippen LogP contribution >= 0.6 is 0 Å². The van der Waals surface area contributed by atoms with E-state index in [1.54, 1.807) is 33.5 Å². The quantitative estimate of drug-likeness (QED) is 0.725. The summed E-state index contributed by atoms with van der Waals surface area (Å²) in [6, 6.07) is 12.7. The predicted molar refractivity (Wildman–Crippen MR) is 118 cm³/mol. The number of carbonyl (C=O) groups is 1. The van der Waals surface area contributed by atoms with Crippen LogP contribution in [0.1, 0.15) is 30.1 Å². The highest BCUT2D eigenvalue weighted by Crippen LogP contribution is 2.24. The van der Waals surface area contributed by atoms with E-state index in [9.17, 15) is 17.6 Å². The molecule has 2 aromatic rings. The monoisotopic (exact) mass is 445 g/mol. The molecule has 166 valence electrons. The summed E-state index contributed by atoms with van der Waals surface area (Å²) >= 11 is 0. The zero-order chi connectivity index (χ0) is 22.0. The second kappa shape index (κ2) is 8.96. The predicted octanol–water partition coefficient (Wildman–Crippen LogP) is 3.21. The maximum Gasteiger partial charge on any atom is 0.253 e. The first-order chi connectivity index (χ1) is 14.8. The van der Waals surface area contributed by atoms with E-state index in [0.717, 1.165) is 18.5 Å². The van der Waals surface area contributed by atoms with Crippen molar-refractivity contribution in [2.45, 2.75) is 24.7 Å². The number of hydrogen-bond acceptors (Lipinski definition) is 4. The second-order valence-corrected chi connectivity index (χ2v) is 10.3. The lowest BCUT2D eigenvalue weighted by molar-refractivity contribution is 0.0746.